The number of benzene rings is 2. The van der Waals surface area contributed by atoms with Gasteiger partial charge in [-0.3, -0.25) is 0 Å². The Morgan fingerprint density at radius 1 is 1.10 bits per heavy atom. The fourth-order valence-corrected chi connectivity index (χ4v) is 3.80. The molecule has 3 rings (SSSR count). The number of carbonyl (C=O) groups is 1. The highest BCUT2D eigenvalue weighted by atomic mass is 35.5. The van der Waals surface area contributed by atoms with Gasteiger partial charge in [-0.2, -0.15) is 4.98 Å². The molecule has 3 aromatic rings. The van der Waals surface area contributed by atoms with E-state index < -0.39 is 5.97 Å². The number of carboxylic acid groups (broad SMARTS) is 1. The second kappa shape index (κ2) is 9.62. The Hall–Kier alpha value is -2.77. The van der Waals surface area contributed by atoms with Gasteiger partial charge in [-0.25, -0.2) is 9.78 Å². The Balaban J connectivity index is 1.92. The van der Waals surface area contributed by atoms with E-state index in [1.165, 1.54) is 11.8 Å². The molecule has 0 spiro atoms. The number of anilines is 2. The van der Waals surface area contributed by atoms with Crippen LogP contribution in [0, 0.1) is 0 Å². The van der Waals surface area contributed by atoms with Gasteiger partial charge in [-0.15, -0.1) is 11.8 Å². The maximum atomic E-state index is 12.0. The van der Waals surface area contributed by atoms with Crippen LogP contribution in [0.15, 0.2) is 59.6 Å². The molecule has 6 nitrogen and oxygen atoms in total. The van der Waals surface area contributed by atoms with Crippen LogP contribution in [0.3, 0.4) is 0 Å². The summed E-state index contributed by atoms with van der Waals surface area (Å²) < 4.78 is 0. The van der Waals surface area contributed by atoms with Gasteiger partial charge in [0, 0.05) is 31.4 Å². The average molecular weight is 429 g/mol. The highest BCUT2D eigenvalue weighted by molar-refractivity contribution is 7.98. The first-order valence-electron chi connectivity index (χ1n) is 8.91. The van der Waals surface area contributed by atoms with Gasteiger partial charge in [0.05, 0.1) is 0 Å². The van der Waals surface area contributed by atoms with E-state index in [9.17, 15) is 9.90 Å². The predicted molar refractivity (Wildman–Crippen MR) is 118 cm³/mol. The van der Waals surface area contributed by atoms with Crippen molar-refractivity contribution in [1.82, 2.24) is 9.97 Å². The molecule has 29 heavy (non-hydrogen) atoms. The molecular formula is C21H21ClN4O2S. The Morgan fingerprint density at radius 2 is 1.83 bits per heavy atom. The number of hydrogen-bond acceptors (Lipinski definition) is 6. The zero-order valence-corrected chi connectivity index (χ0v) is 17.7. The maximum Gasteiger partial charge on any atom is 0.342 e. The average Bonchev–Trinajstić information content (AvgIpc) is 2.70. The van der Waals surface area contributed by atoms with Crippen LogP contribution < -0.4 is 10.2 Å². The summed E-state index contributed by atoms with van der Waals surface area (Å²) in [5, 5.41) is 14.0. The minimum Gasteiger partial charge on any atom is -0.477 e. The van der Waals surface area contributed by atoms with Crippen LogP contribution in [0.1, 0.15) is 21.5 Å². The first-order valence-corrected chi connectivity index (χ1v) is 10.3. The number of halogens is 1. The van der Waals surface area contributed by atoms with Crippen LogP contribution in [0.5, 0.6) is 0 Å². The zero-order valence-electron chi connectivity index (χ0n) is 16.1. The number of hydrogen-bond donors (Lipinski definition) is 2. The summed E-state index contributed by atoms with van der Waals surface area (Å²) in [6.45, 7) is 0.396. The van der Waals surface area contributed by atoms with Gasteiger partial charge in [0.15, 0.2) is 0 Å². The molecule has 0 saturated carbocycles. The van der Waals surface area contributed by atoms with Gasteiger partial charge in [0.25, 0.3) is 0 Å². The van der Waals surface area contributed by atoms with Crippen molar-refractivity contribution < 1.29 is 9.90 Å². The van der Waals surface area contributed by atoms with Gasteiger partial charge < -0.3 is 15.3 Å². The van der Waals surface area contributed by atoms with Gasteiger partial charge in [-0.1, -0.05) is 54.1 Å². The number of nitrogens with zero attached hydrogens (tertiary/aromatic N) is 3. The Morgan fingerprint density at radius 3 is 2.48 bits per heavy atom. The third kappa shape index (κ3) is 5.62. The summed E-state index contributed by atoms with van der Waals surface area (Å²) in [7, 11) is 3.64. The minimum absolute atomic E-state index is 0.0681. The van der Waals surface area contributed by atoms with E-state index in [1.807, 2.05) is 62.6 Å². The lowest BCUT2D eigenvalue weighted by molar-refractivity contribution is 0.0693. The molecule has 0 aliphatic rings. The summed E-state index contributed by atoms with van der Waals surface area (Å²) in [6, 6.07) is 17.2. The van der Waals surface area contributed by atoms with Crippen LogP contribution in [0.4, 0.5) is 11.8 Å². The number of aromatic nitrogens is 2. The molecule has 0 radical (unpaired) electrons. The van der Waals surface area contributed by atoms with Crippen molar-refractivity contribution in [1.29, 1.82) is 0 Å². The first-order chi connectivity index (χ1) is 13.9. The fourth-order valence-electron chi connectivity index (χ4n) is 2.61. The number of rotatable bonds is 8. The van der Waals surface area contributed by atoms with Crippen molar-refractivity contribution in [2.24, 2.45) is 0 Å². The SMILES string of the molecule is CN(C)c1nc(NCc2cccc(Cl)c2)c(C(=O)O)c(SCc2ccccc2)n1. The summed E-state index contributed by atoms with van der Waals surface area (Å²) in [6.07, 6.45) is 0. The fraction of sp³-hybridized carbons (Fsp3) is 0.190. The number of nitrogens with one attached hydrogen (secondary N) is 1. The standard InChI is InChI=1S/C21H21ClN4O2S/c1-26(2)21-24-18(23-12-15-9-6-10-16(22)11-15)17(20(27)28)19(25-21)29-13-14-7-4-3-5-8-14/h3-11H,12-13H2,1-2H3,(H,27,28)(H,23,24,25). The Labute approximate surface area is 179 Å². The molecule has 0 saturated heterocycles. The van der Waals surface area contributed by atoms with Gasteiger partial charge >= 0.3 is 5.97 Å². The number of thioether (sulfide) groups is 1. The normalized spacial score (nSPS) is 10.6. The molecule has 150 valence electrons. The largest absolute Gasteiger partial charge is 0.477 e. The van der Waals surface area contributed by atoms with Crippen LogP contribution in [-0.2, 0) is 12.3 Å². The van der Waals surface area contributed by atoms with Crippen LogP contribution in [0.2, 0.25) is 5.02 Å². The van der Waals surface area contributed by atoms with Crippen LogP contribution in [-0.4, -0.2) is 35.1 Å². The van der Waals surface area contributed by atoms with Crippen LogP contribution in [0.25, 0.3) is 0 Å². The van der Waals surface area contributed by atoms with Crippen molar-refractivity contribution in [3.05, 3.63) is 76.3 Å². The predicted octanol–water partition coefficient (Wildman–Crippen LogP) is 4.80. The van der Waals surface area contributed by atoms with Crippen molar-refractivity contribution >= 4 is 41.1 Å². The van der Waals surface area contributed by atoms with E-state index in [2.05, 4.69) is 15.3 Å². The number of carboxylic acids is 1. The molecule has 0 amide bonds. The second-order valence-corrected chi connectivity index (χ2v) is 7.91. The molecule has 0 fully saturated rings. The van der Waals surface area contributed by atoms with Crippen molar-refractivity contribution in [2.45, 2.75) is 17.3 Å². The highest BCUT2D eigenvalue weighted by Crippen LogP contribution is 2.30. The summed E-state index contributed by atoms with van der Waals surface area (Å²) in [4.78, 5) is 22.7. The smallest absolute Gasteiger partial charge is 0.342 e. The molecule has 0 atom stereocenters. The highest BCUT2D eigenvalue weighted by Gasteiger charge is 2.22. The van der Waals surface area contributed by atoms with E-state index in [-0.39, 0.29) is 11.4 Å². The molecule has 8 heteroatoms. The quantitative estimate of drug-likeness (QED) is 0.394. The molecule has 0 aliphatic heterocycles. The molecule has 2 N–H and O–H groups in total. The lowest BCUT2D eigenvalue weighted by Crippen LogP contribution is -2.18. The monoisotopic (exact) mass is 428 g/mol. The Kier molecular flexibility index (Phi) is 6.95. The lowest BCUT2D eigenvalue weighted by Gasteiger charge is -2.17. The van der Waals surface area contributed by atoms with Gasteiger partial charge in [-0.05, 0) is 23.3 Å². The van der Waals surface area contributed by atoms with Crippen LogP contribution >= 0.6 is 23.4 Å². The molecule has 0 aliphatic carbocycles. The zero-order chi connectivity index (χ0) is 20.8. The third-order valence-electron chi connectivity index (χ3n) is 4.05. The summed E-state index contributed by atoms with van der Waals surface area (Å²) in [5.74, 6) is 0.268. The molecule has 1 aromatic heterocycles. The van der Waals surface area contributed by atoms with Crippen molar-refractivity contribution in [3.63, 3.8) is 0 Å². The molecule has 0 bridgehead atoms. The van der Waals surface area contributed by atoms with E-state index in [0.29, 0.717) is 28.3 Å². The topological polar surface area (TPSA) is 78.4 Å². The van der Waals surface area contributed by atoms with E-state index in [0.717, 1.165) is 11.1 Å². The van der Waals surface area contributed by atoms with E-state index >= 15 is 0 Å². The second-order valence-electron chi connectivity index (χ2n) is 6.51. The van der Waals surface area contributed by atoms with Crippen molar-refractivity contribution in [3.8, 4) is 0 Å². The van der Waals surface area contributed by atoms with E-state index in [4.69, 9.17) is 11.6 Å². The van der Waals surface area contributed by atoms with E-state index in [1.54, 1.807) is 11.0 Å². The first kappa shape index (κ1) is 21.0. The molecule has 0 unspecified atom stereocenters. The molecule has 2 aromatic carbocycles. The Bertz CT molecular complexity index is 999. The maximum absolute atomic E-state index is 12.0. The lowest BCUT2D eigenvalue weighted by atomic mass is 10.2. The summed E-state index contributed by atoms with van der Waals surface area (Å²) in [5.41, 5.74) is 2.09. The number of aromatic carboxylic acids is 1. The van der Waals surface area contributed by atoms with Crippen molar-refractivity contribution in [2.75, 3.05) is 24.3 Å². The summed E-state index contributed by atoms with van der Waals surface area (Å²) >= 11 is 7.42. The third-order valence-corrected chi connectivity index (χ3v) is 5.33. The molecular weight excluding hydrogens is 408 g/mol. The molecule has 1 heterocycles. The van der Waals surface area contributed by atoms with Gasteiger partial charge in [0.2, 0.25) is 5.95 Å². The van der Waals surface area contributed by atoms with Gasteiger partial charge in [0.1, 0.15) is 16.4 Å². The minimum atomic E-state index is -1.07.